The topological polar surface area (TPSA) is 60.4 Å². The molecule has 4 nitrogen and oxygen atoms in total. The van der Waals surface area contributed by atoms with Gasteiger partial charge in [-0.25, -0.2) is 13.2 Å². The van der Waals surface area contributed by atoms with E-state index in [2.05, 4.69) is 4.74 Å². The van der Waals surface area contributed by atoms with Crippen molar-refractivity contribution in [1.29, 1.82) is 0 Å². The van der Waals surface area contributed by atoms with Crippen LogP contribution < -0.4 is 0 Å². The molecule has 1 aromatic carbocycles. The lowest BCUT2D eigenvalue weighted by Crippen LogP contribution is -2.04. The van der Waals surface area contributed by atoms with Gasteiger partial charge in [0.1, 0.15) is 9.77 Å². The molecule has 0 bridgehead atoms. The zero-order valence-corrected chi connectivity index (χ0v) is 13.5. The van der Waals surface area contributed by atoms with E-state index >= 15 is 0 Å². The molecule has 0 amide bonds. The van der Waals surface area contributed by atoms with E-state index in [0.29, 0.717) is 10.1 Å². The summed E-state index contributed by atoms with van der Waals surface area (Å²) < 4.78 is 29.3. The Morgan fingerprint density at radius 1 is 1.44 bits per heavy atom. The maximum Gasteiger partial charge on any atom is 0.349 e. The van der Waals surface area contributed by atoms with Crippen LogP contribution in [0, 0.1) is 3.57 Å². The molecule has 0 saturated carbocycles. The van der Waals surface area contributed by atoms with E-state index < -0.39 is 15.0 Å². The lowest BCUT2D eigenvalue weighted by Gasteiger charge is -2.00. The largest absolute Gasteiger partial charge is 0.465 e. The third-order valence-corrected chi connectivity index (χ3v) is 5.76. The fourth-order valence-corrected chi connectivity index (χ4v) is 5.60. The molecule has 0 unspecified atom stereocenters. The summed E-state index contributed by atoms with van der Waals surface area (Å²) in [7, 11) is 2.60. The quantitative estimate of drug-likeness (QED) is 0.428. The molecule has 0 radical (unpaired) electrons. The van der Waals surface area contributed by atoms with E-state index in [1.165, 1.54) is 7.11 Å². The predicted octanol–water partition coefficient (Wildman–Crippen LogP) is 3.22. The van der Waals surface area contributed by atoms with Gasteiger partial charge in [-0.15, -0.1) is 11.3 Å². The molecule has 8 heteroatoms. The maximum atomic E-state index is 11.7. The van der Waals surface area contributed by atoms with Crippen LogP contribution in [0.5, 0.6) is 0 Å². The SMILES string of the molecule is COC(=O)c1sc2cccc(I)c2c1S(=O)(=O)Cl. The van der Waals surface area contributed by atoms with Crippen LogP contribution in [0.25, 0.3) is 10.1 Å². The van der Waals surface area contributed by atoms with Crippen molar-refractivity contribution < 1.29 is 17.9 Å². The molecule has 0 fully saturated rings. The molecule has 1 aromatic heterocycles. The molecule has 2 rings (SSSR count). The van der Waals surface area contributed by atoms with Crippen LogP contribution in [0.1, 0.15) is 9.67 Å². The minimum Gasteiger partial charge on any atom is -0.465 e. The van der Waals surface area contributed by atoms with Gasteiger partial charge in [0.05, 0.1) is 7.11 Å². The Hall–Kier alpha value is -0.380. The Balaban J connectivity index is 2.97. The van der Waals surface area contributed by atoms with E-state index in [1.54, 1.807) is 18.2 Å². The first kappa shape index (κ1) is 14.0. The smallest absolute Gasteiger partial charge is 0.349 e. The normalized spacial score (nSPS) is 11.7. The number of esters is 1. The fraction of sp³-hybridized carbons (Fsp3) is 0.100. The first-order valence-electron chi connectivity index (χ1n) is 4.60. The number of carbonyl (C=O) groups excluding carboxylic acids is 1. The van der Waals surface area contributed by atoms with Crippen LogP contribution in [0.3, 0.4) is 0 Å². The Labute approximate surface area is 125 Å². The molecule has 18 heavy (non-hydrogen) atoms. The van der Waals surface area contributed by atoms with Crippen molar-refractivity contribution in [2.24, 2.45) is 0 Å². The molecule has 0 aliphatic carbocycles. The number of benzene rings is 1. The molecule has 96 valence electrons. The van der Waals surface area contributed by atoms with Gasteiger partial charge in [-0.05, 0) is 34.7 Å². The van der Waals surface area contributed by atoms with Gasteiger partial charge in [-0.3, -0.25) is 0 Å². The van der Waals surface area contributed by atoms with E-state index in [0.717, 1.165) is 14.9 Å². The standard InChI is InChI=1S/C10H6ClIO4S2/c1-16-10(13)8-9(18(11,14)15)7-5(12)3-2-4-6(7)17-8/h2-4H,1H3. The number of hydrogen-bond acceptors (Lipinski definition) is 5. The van der Waals surface area contributed by atoms with Crippen molar-refractivity contribution >= 4 is 69.7 Å². The molecule has 0 N–H and O–H groups in total. The second kappa shape index (κ2) is 4.95. The highest BCUT2D eigenvalue weighted by molar-refractivity contribution is 14.1. The number of fused-ring (bicyclic) bond motifs is 1. The first-order valence-corrected chi connectivity index (χ1v) is 8.80. The summed E-state index contributed by atoms with van der Waals surface area (Å²) >= 11 is 3.06. The summed E-state index contributed by atoms with van der Waals surface area (Å²) in [5.74, 6) is -0.703. The van der Waals surface area contributed by atoms with Gasteiger partial charge >= 0.3 is 5.97 Å². The number of thiophene rings is 1. The van der Waals surface area contributed by atoms with Gasteiger partial charge in [-0.2, -0.15) is 0 Å². The van der Waals surface area contributed by atoms with Crippen LogP contribution in [0.2, 0.25) is 0 Å². The highest BCUT2D eigenvalue weighted by Gasteiger charge is 2.28. The second-order valence-electron chi connectivity index (χ2n) is 3.30. The van der Waals surface area contributed by atoms with Crippen LogP contribution in [0.4, 0.5) is 0 Å². The van der Waals surface area contributed by atoms with Crippen molar-refractivity contribution in [2.45, 2.75) is 4.90 Å². The number of halogens is 2. The minimum absolute atomic E-state index is 0.00613. The van der Waals surface area contributed by atoms with Crippen LogP contribution in [-0.4, -0.2) is 21.5 Å². The highest BCUT2D eigenvalue weighted by Crippen LogP contribution is 2.39. The van der Waals surface area contributed by atoms with Crippen LogP contribution >= 0.6 is 44.6 Å². The number of methoxy groups -OCH3 is 1. The summed E-state index contributed by atoms with van der Waals surface area (Å²) in [5.41, 5.74) is 0. The van der Waals surface area contributed by atoms with Crippen molar-refractivity contribution in [1.82, 2.24) is 0 Å². The van der Waals surface area contributed by atoms with Crippen LogP contribution in [0.15, 0.2) is 23.1 Å². The molecular weight excluding hydrogens is 411 g/mol. The third-order valence-electron chi connectivity index (χ3n) is 2.24. The lowest BCUT2D eigenvalue weighted by atomic mass is 10.2. The summed E-state index contributed by atoms with van der Waals surface area (Å²) in [6.07, 6.45) is 0. The summed E-state index contributed by atoms with van der Waals surface area (Å²) in [6.45, 7) is 0. The summed E-state index contributed by atoms with van der Waals surface area (Å²) in [5, 5.41) is 0.471. The van der Waals surface area contributed by atoms with E-state index in [1.807, 2.05) is 22.6 Å². The van der Waals surface area contributed by atoms with Crippen molar-refractivity contribution in [2.75, 3.05) is 7.11 Å². The molecule has 0 aliphatic heterocycles. The number of carbonyl (C=O) groups is 1. The van der Waals surface area contributed by atoms with Gasteiger partial charge in [0, 0.05) is 24.3 Å². The first-order chi connectivity index (χ1) is 8.36. The van der Waals surface area contributed by atoms with Gasteiger partial charge in [0.15, 0.2) is 0 Å². The predicted molar refractivity (Wildman–Crippen MR) is 78.9 cm³/mol. The molecule has 0 atom stereocenters. The van der Waals surface area contributed by atoms with Gasteiger partial charge in [-0.1, -0.05) is 6.07 Å². The number of hydrogen-bond donors (Lipinski definition) is 0. The Bertz CT molecular complexity index is 736. The average Bonchev–Trinajstić information content (AvgIpc) is 2.68. The molecule has 0 aliphatic rings. The van der Waals surface area contributed by atoms with Gasteiger partial charge < -0.3 is 4.74 Å². The van der Waals surface area contributed by atoms with Crippen molar-refractivity contribution in [3.63, 3.8) is 0 Å². The number of rotatable bonds is 2. The Morgan fingerprint density at radius 2 is 2.11 bits per heavy atom. The zero-order chi connectivity index (χ0) is 13.5. The van der Waals surface area contributed by atoms with Gasteiger partial charge in [0.25, 0.3) is 9.05 Å². The number of ether oxygens (including phenoxy) is 1. The molecule has 0 spiro atoms. The zero-order valence-electron chi connectivity index (χ0n) is 8.94. The summed E-state index contributed by atoms with van der Waals surface area (Å²) in [6, 6.07) is 5.27. The summed E-state index contributed by atoms with van der Waals surface area (Å²) in [4.78, 5) is 11.5. The van der Waals surface area contributed by atoms with Crippen molar-refractivity contribution in [3.05, 3.63) is 26.6 Å². The molecule has 0 saturated heterocycles. The Kier molecular flexibility index (Phi) is 3.86. The van der Waals surface area contributed by atoms with E-state index in [4.69, 9.17) is 10.7 Å². The van der Waals surface area contributed by atoms with Crippen molar-refractivity contribution in [3.8, 4) is 0 Å². The second-order valence-corrected chi connectivity index (χ2v) is 8.02. The molecule has 1 heterocycles. The lowest BCUT2D eigenvalue weighted by molar-refractivity contribution is 0.0602. The Morgan fingerprint density at radius 3 is 2.67 bits per heavy atom. The maximum absolute atomic E-state index is 11.7. The van der Waals surface area contributed by atoms with Crippen LogP contribution in [-0.2, 0) is 13.8 Å². The van der Waals surface area contributed by atoms with E-state index in [9.17, 15) is 13.2 Å². The van der Waals surface area contributed by atoms with E-state index in [-0.39, 0.29) is 9.77 Å². The highest BCUT2D eigenvalue weighted by atomic mass is 127. The monoisotopic (exact) mass is 416 g/mol. The minimum atomic E-state index is -4.02. The van der Waals surface area contributed by atoms with Gasteiger partial charge in [0.2, 0.25) is 0 Å². The fourth-order valence-electron chi connectivity index (χ4n) is 1.54. The molecule has 2 aromatic rings. The third kappa shape index (κ3) is 2.36. The average molecular weight is 417 g/mol. The molecular formula is C10H6ClIO4S2.